The number of hydrogen-bond acceptors (Lipinski definition) is 4. The van der Waals surface area contributed by atoms with Gasteiger partial charge in [-0.2, -0.15) is 13.2 Å². The molecule has 2 aromatic carbocycles. The van der Waals surface area contributed by atoms with Crippen molar-refractivity contribution in [3.05, 3.63) is 60.2 Å². The molecule has 1 aliphatic carbocycles. The average molecular weight is 433 g/mol. The van der Waals surface area contributed by atoms with Gasteiger partial charge < -0.3 is 5.32 Å². The van der Waals surface area contributed by atoms with Crippen LogP contribution in [0.2, 0.25) is 0 Å². The molecular weight excluding hydrogens is 415 g/mol. The third kappa shape index (κ3) is 4.51. The number of thioether (sulfide) groups is 1. The van der Waals surface area contributed by atoms with E-state index in [0.717, 1.165) is 18.9 Å². The van der Waals surface area contributed by atoms with Crippen LogP contribution in [-0.4, -0.2) is 33.2 Å². The number of hydrogen-bond donors (Lipinski definition) is 1. The van der Waals surface area contributed by atoms with Gasteiger partial charge >= 0.3 is 6.18 Å². The van der Waals surface area contributed by atoms with Crippen LogP contribution in [0, 0.1) is 0 Å². The summed E-state index contributed by atoms with van der Waals surface area (Å²) < 4.78 is 39.4. The molecule has 1 aliphatic heterocycles. The van der Waals surface area contributed by atoms with E-state index in [-0.39, 0.29) is 24.1 Å². The van der Waals surface area contributed by atoms with Crippen LogP contribution in [0.4, 0.5) is 24.5 Å². The summed E-state index contributed by atoms with van der Waals surface area (Å²) in [6.45, 7) is 0. The van der Waals surface area contributed by atoms with Gasteiger partial charge in [-0.05, 0) is 37.1 Å². The van der Waals surface area contributed by atoms with Crippen molar-refractivity contribution < 1.29 is 22.8 Å². The summed E-state index contributed by atoms with van der Waals surface area (Å²) in [6, 6.07) is 14.0. The van der Waals surface area contributed by atoms with E-state index in [0.29, 0.717) is 10.9 Å². The van der Waals surface area contributed by atoms with Gasteiger partial charge in [0.2, 0.25) is 11.8 Å². The van der Waals surface area contributed by atoms with Crippen molar-refractivity contribution in [3.63, 3.8) is 0 Å². The van der Waals surface area contributed by atoms with Crippen LogP contribution in [0.5, 0.6) is 0 Å². The second-order valence-corrected chi connectivity index (χ2v) is 8.24. The Morgan fingerprint density at radius 3 is 2.43 bits per heavy atom. The first-order chi connectivity index (χ1) is 14.3. The van der Waals surface area contributed by atoms with Crippen LogP contribution >= 0.6 is 11.8 Å². The van der Waals surface area contributed by atoms with Crippen LogP contribution < -0.4 is 5.32 Å². The first-order valence-electron chi connectivity index (χ1n) is 9.42. The summed E-state index contributed by atoms with van der Waals surface area (Å²) in [6.07, 6.45) is -3.07. The Labute approximate surface area is 175 Å². The second kappa shape index (κ2) is 8.14. The van der Waals surface area contributed by atoms with E-state index in [2.05, 4.69) is 10.3 Å². The Morgan fingerprint density at radius 2 is 1.77 bits per heavy atom. The molecule has 1 saturated heterocycles. The third-order valence-electron chi connectivity index (χ3n) is 4.74. The molecule has 5 nitrogen and oxygen atoms in total. The fourth-order valence-electron chi connectivity index (χ4n) is 3.18. The van der Waals surface area contributed by atoms with Gasteiger partial charge in [-0.3, -0.25) is 14.5 Å². The van der Waals surface area contributed by atoms with Crippen molar-refractivity contribution >= 4 is 40.1 Å². The van der Waals surface area contributed by atoms with Crippen molar-refractivity contribution in [2.75, 3.05) is 5.32 Å². The lowest BCUT2D eigenvalue weighted by molar-refractivity contribution is -0.137. The monoisotopic (exact) mass is 433 g/mol. The van der Waals surface area contributed by atoms with Crippen LogP contribution in [0.15, 0.2) is 59.6 Å². The van der Waals surface area contributed by atoms with Crippen molar-refractivity contribution in [2.24, 2.45) is 4.99 Å². The topological polar surface area (TPSA) is 61.8 Å². The Bertz CT molecular complexity index is 990. The van der Waals surface area contributed by atoms with Crippen LogP contribution in [0.1, 0.15) is 24.8 Å². The van der Waals surface area contributed by atoms with Crippen molar-refractivity contribution in [3.8, 4) is 0 Å². The second-order valence-electron chi connectivity index (χ2n) is 7.07. The lowest BCUT2D eigenvalue weighted by Crippen LogP contribution is -2.35. The molecule has 1 heterocycles. The fraction of sp³-hybridized carbons (Fsp3) is 0.286. The number of rotatable bonds is 5. The highest BCUT2D eigenvalue weighted by atomic mass is 32.2. The number of carbonyl (C=O) groups excluding carboxylic acids is 2. The quantitative estimate of drug-likeness (QED) is 0.735. The van der Waals surface area contributed by atoms with E-state index in [4.69, 9.17) is 0 Å². The van der Waals surface area contributed by atoms with Gasteiger partial charge in [-0.15, -0.1) is 0 Å². The molecule has 30 heavy (non-hydrogen) atoms. The smallest absolute Gasteiger partial charge is 0.325 e. The lowest BCUT2D eigenvalue weighted by atomic mass is 10.1. The normalized spacial score (nSPS) is 20.6. The number of alkyl halides is 3. The van der Waals surface area contributed by atoms with E-state index >= 15 is 0 Å². The lowest BCUT2D eigenvalue weighted by Gasteiger charge is -2.16. The fourth-order valence-corrected chi connectivity index (χ4v) is 4.40. The molecule has 0 spiro atoms. The first-order valence-corrected chi connectivity index (χ1v) is 10.3. The van der Waals surface area contributed by atoms with E-state index < -0.39 is 22.9 Å². The summed E-state index contributed by atoms with van der Waals surface area (Å²) in [5.74, 6) is -0.870. The Balaban J connectivity index is 1.49. The van der Waals surface area contributed by atoms with Gasteiger partial charge in [-0.1, -0.05) is 42.1 Å². The van der Waals surface area contributed by atoms with Gasteiger partial charge in [0.1, 0.15) is 5.25 Å². The number of halogens is 3. The zero-order valence-electron chi connectivity index (χ0n) is 15.7. The SMILES string of the molecule is O=C(C[C@@H]1SC(=Nc2ccccc2)N(C2CC2)C1=O)Nc1ccccc1C(F)(F)F. The van der Waals surface area contributed by atoms with Gasteiger partial charge in [-0.25, -0.2) is 4.99 Å². The van der Waals surface area contributed by atoms with E-state index in [1.807, 2.05) is 30.3 Å². The van der Waals surface area contributed by atoms with Crippen LogP contribution in [-0.2, 0) is 15.8 Å². The minimum Gasteiger partial charge on any atom is -0.325 e. The first kappa shape index (κ1) is 20.5. The molecule has 1 saturated carbocycles. The molecule has 0 radical (unpaired) electrons. The molecule has 1 atom stereocenters. The predicted octanol–water partition coefficient (Wildman–Crippen LogP) is 4.83. The molecule has 9 heteroatoms. The number of anilines is 1. The molecule has 2 fully saturated rings. The molecular formula is C21H18F3N3O2S. The Kier molecular flexibility index (Phi) is 5.55. The number of amides is 2. The highest BCUT2D eigenvalue weighted by molar-refractivity contribution is 8.15. The number of benzene rings is 2. The summed E-state index contributed by atoms with van der Waals surface area (Å²) in [5.41, 5.74) is -0.542. The molecule has 1 N–H and O–H groups in total. The number of nitrogens with zero attached hydrogens (tertiary/aromatic N) is 2. The molecule has 156 valence electrons. The van der Waals surface area contributed by atoms with Crippen LogP contribution in [0.25, 0.3) is 0 Å². The molecule has 0 aromatic heterocycles. The van der Waals surface area contributed by atoms with E-state index in [1.165, 1.54) is 30.0 Å². The van der Waals surface area contributed by atoms with Crippen molar-refractivity contribution in [1.82, 2.24) is 4.90 Å². The molecule has 2 aliphatic rings. The van der Waals surface area contributed by atoms with Gasteiger partial charge in [0, 0.05) is 12.5 Å². The number of para-hydroxylation sites is 2. The molecule has 0 bridgehead atoms. The standard InChI is InChI=1S/C21H18F3N3O2S/c22-21(23,24)15-8-4-5-9-16(15)26-18(28)12-17-19(29)27(14-10-11-14)20(30-17)25-13-6-2-1-3-7-13/h1-9,14,17H,10-12H2,(H,26,28)/t17-/m0/s1. The number of nitrogens with one attached hydrogen (secondary N) is 1. The van der Waals surface area contributed by atoms with E-state index in [1.54, 1.807) is 4.90 Å². The Morgan fingerprint density at radius 1 is 1.10 bits per heavy atom. The minimum atomic E-state index is -4.58. The minimum absolute atomic E-state index is 0.0754. The van der Waals surface area contributed by atoms with Gasteiger partial charge in [0.25, 0.3) is 0 Å². The number of carbonyl (C=O) groups is 2. The molecule has 2 amide bonds. The summed E-state index contributed by atoms with van der Waals surface area (Å²) in [4.78, 5) is 31.5. The summed E-state index contributed by atoms with van der Waals surface area (Å²) in [5, 5.41) is 2.12. The largest absolute Gasteiger partial charge is 0.418 e. The number of amidine groups is 1. The van der Waals surface area contributed by atoms with Crippen LogP contribution in [0.3, 0.4) is 0 Å². The summed E-state index contributed by atoms with van der Waals surface area (Å²) in [7, 11) is 0. The average Bonchev–Trinajstić information content (AvgIpc) is 3.48. The van der Waals surface area contributed by atoms with Gasteiger partial charge in [0.15, 0.2) is 5.17 Å². The van der Waals surface area contributed by atoms with Crippen molar-refractivity contribution in [1.29, 1.82) is 0 Å². The Hall–Kier alpha value is -2.81. The predicted molar refractivity (Wildman–Crippen MR) is 109 cm³/mol. The molecule has 2 aromatic rings. The van der Waals surface area contributed by atoms with E-state index in [9.17, 15) is 22.8 Å². The number of aliphatic imine (C=N–C) groups is 1. The molecule has 4 rings (SSSR count). The maximum absolute atomic E-state index is 13.1. The zero-order valence-corrected chi connectivity index (χ0v) is 16.5. The van der Waals surface area contributed by atoms with Gasteiger partial charge in [0.05, 0.1) is 16.9 Å². The van der Waals surface area contributed by atoms with Crippen molar-refractivity contribution in [2.45, 2.75) is 36.7 Å². The third-order valence-corrected chi connectivity index (χ3v) is 5.89. The highest BCUT2D eigenvalue weighted by Gasteiger charge is 2.46. The zero-order chi connectivity index (χ0) is 21.3. The maximum Gasteiger partial charge on any atom is 0.418 e. The summed E-state index contributed by atoms with van der Waals surface area (Å²) >= 11 is 1.18. The molecule has 0 unspecified atom stereocenters. The maximum atomic E-state index is 13.1. The highest BCUT2D eigenvalue weighted by Crippen LogP contribution is 2.40.